The fourth-order valence-corrected chi connectivity index (χ4v) is 2.07. The number of amides is 1. The molecule has 0 heterocycles. The first-order valence-electron chi connectivity index (χ1n) is 7.22. The highest BCUT2D eigenvalue weighted by Gasteiger charge is 2.03. The Labute approximate surface area is 130 Å². The predicted octanol–water partition coefficient (Wildman–Crippen LogP) is 2.93. The third-order valence-corrected chi connectivity index (χ3v) is 3.48. The van der Waals surface area contributed by atoms with Crippen molar-refractivity contribution < 1.29 is 9.59 Å². The van der Waals surface area contributed by atoms with Gasteiger partial charge in [0, 0.05) is 17.8 Å². The maximum atomic E-state index is 11.8. The lowest BCUT2D eigenvalue weighted by Crippen LogP contribution is -2.29. The molecule has 4 heteroatoms. The van der Waals surface area contributed by atoms with Crippen LogP contribution in [0.15, 0.2) is 48.5 Å². The molecule has 0 aliphatic carbocycles. The van der Waals surface area contributed by atoms with E-state index in [0.717, 1.165) is 16.8 Å². The van der Waals surface area contributed by atoms with Crippen molar-refractivity contribution in [1.82, 2.24) is 5.32 Å². The summed E-state index contributed by atoms with van der Waals surface area (Å²) in [5.74, 6) is -0.0404. The summed E-state index contributed by atoms with van der Waals surface area (Å²) in [7, 11) is 0. The van der Waals surface area contributed by atoms with Crippen LogP contribution in [-0.2, 0) is 11.3 Å². The summed E-state index contributed by atoms with van der Waals surface area (Å²) in [5.41, 5.74) is 3.75. The van der Waals surface area contributed by atoms with Crippen LogP contribution in [0, 0.1) is 6.92 Å². The van der Waals surface area contributed by atoms with E-state index in [1.807, 2.05) is 31.2 Å². The van der Waals surface area contributed by atoms with Gasteiger partial charge in [0.15, 0.2) is 5.78 Å². The number of Topliss-reactive ketones (excluding diaryl/α,β-unsaturated/α-hetero) is 1. The average Bonchev–Trinajstić information content (AvgIpc) is 2.52. The average molecular weight is 296 g/mol. The molecule has 0 radical (unpaired) electrons. The van der Waals surface area contributed by atoms with Crippen LogP contribution in [0.3, 0.4) is 0 Å². The number of hydrogen-bond acceptors (Lipinski definition) is 3. The normalized spacial score (nSPS) is 10.1. The zero-order valence-corrected chi connectivity index (χ0v) is 12.8. The smallest absolute Gasteiger partial charge is 0.239 e. The molecule has 0 saturated heterocycles. The van der Waals surface area contributed by atoms with Crippen molar-refractivity contribution in [2.45, 2.75) is 20.4 Å². The van der Waals surface area contributed by atoms with Crippen molar-refractivity contribution in [3.8, 4) is 0 Å². The fraction of sp³-hybridized carbons (Fsp3) is 0.222. The molecule has 0 unspecified atom stereocenters. The van der Waals surface area contributed by atoms with Gasteiger partial charge in [-0.15, -0.1) is 0 Å². The summed E-state index contributed by atoms with van der Waals surface area (Å²) in [5, 5.41) is 5.92. The van der Waals surface area contributed by atoms with E-state index in [2.05, 4.69) is 10.6 Å². The van der Waals surface area contributed by atoms with Crippen molar-refractivity contribution >= 4 is 17.4 Å². The molecule has 114 valence electrons. The van der Waals surface area contributed by atoms with E-state index in [-0.39, 0.29) is 18.2 Å². The van der Waals surface area contributed by atoms with E-state index in [0.29, 0.717) is 12.1 Å². The Hall–Kier alpha value is -2.62. The van der Waals surface area contributed by atoms with Crippen molar-refractivity contribution in [1.29, 1.82) is 0 Å². The van der Waals surface area contributed by atoms with Gasteiger partial charge in [-0.2, -0.15) is 0 Å². The summed E-state index contributed by atoms with van der Waals surface area (Å²) in [6.45, 7) is 4.28. The Morgan fingerprint density at radius 3 is 2.32 bits per heavy atom. The Morgan fingerprint density at radius 2 is 1.68 bits per heavy atom. The maximum Gasteiger partial charge on any atom is 0.239 e. The van der Waals surface area contributed by atoms with Crippen LogP contribution in [0.4, 0.5) is 5.69 Å². The number of benzene rings is 2. The fourth-order valence-electron chi connectivity index (χ4n) is 2.07. The van der Waals surface area contributed by atoms with Crippen LogP contribution < -0.4 is 10.6 Å². The quantitative estimate of drug-likeness (QED) is 0.806. The lowest BCUT2D eigenvalue weighted by atomic mass is 10.1. The molecule has 2 aromatic carbocycles. The molecule has 0 bridgehead atoms. The van der Waals surface area contributed by atoms with E-state index in [1.54, 1.807) is 24.3 Å². The van der Waals surface area contributed by atoms with Gasteiger partial charge >= 0.3 is 0 Å². The van der Waals surface area contributed by atoms with Gasteiger partial charge in [0.1, 0.15) is 0 Å². The molecule has 0 saturated carbocycles. The van der Waals surface area contributed by atoms with Crippen LogP contribution in [0.1, 0.15) is 28.4 Å². The molecule has 2 N–H and O–H groups in total. The predicted molar refractivity (Wildman–Crippen MR) is 88.0 cm³/mol. The largest absolute Gasteiger partial charge is 0.376 e. The van der Waals surface area contributed by atoms with Gasteiger partial charge in [0.2, 0.25) is 5.91 Å². The van der Waals surface area contributed by atoms with Crippen molar-refractivity contribution in [2.75, 3.05) is 11.9 Å². The highest BCUT2D eigenvalue weighted by Crippen LogP contribution is 2.10. The molecular weight excluding hydrogens is 276 g/mol. The Kier molecular flexibility index (Phi) is 5.31. The van der Waals surface area contributed by atoms with Crippen LogP contribution in [-0.4, -0.2) is 18.2 Å². The number of nitrogens with one attached hydrogen (secondary N) is 2. The minimum Gasteiger partial charge on any atom is -0.376 e. The molecule has 1 amide bonds. The van der Waals surface area contributed by atoms with Crippen molar-refractivity contribution in [3.05, 3.63) is 65.2 Å². The molecule has 2 aromatic rings. The second-order valence-electron chi connectivity index (χ2n) is 5.19. The van der Waals surface area contributed by atoms with E-state index >= 15 is 0 Å². The molecule has 0 atom stereocenters. The Morgan fingerprint density at radius 1 is 1.00 bits per heavy atom. The van der Waals surface area contributed by atoms with Crippen molar-refractivity contribution in [3.63, 3.8) is 0 Å². The first-order chi connectivity index (χ1) is 10.6. The van der Waals surface area contributed by atoms with E-state index in [4.69, 9.17) is 0 Å². The zero-order chi connectivity index (χ0) is 15.9. The van der Waals surface area contributed by atoms with Crippen molar-refractivity contribution in [2.24, 2.45) is 0 Å². The summed E-state index contributed by atoms with van der Waals surface area (Å²) < 4.78 is 0. The van der Waals surface area contributed by atoms with Gasteiger partial charge in [0.25, 0.3) is 0 Å². The van der Waals surface area contributed by atoms with Crippen LogP contribution in [0.5, 0.6) is 0 Å². The van der Waals surface area contributed by atoms with E-state index < -0.39 is 0 Å². The monoisotopic (exact) mass is 296 g/mol. The molecule has 0 fully saturated rings. The van der Waals surface area contributed by atoms with Gasteiger partial charge in [-0.3, -0.25) is 9.59 Å². The number of carbonyl (C=O) groups excluding carboxylic acids is 2. The summed E-state index contributed by atoms with van der Waals surface area (Å²) in [6.07, 6.45) is 0. The second-order valence-corrected chi connectivity index (χ2v) is 5.19. The number of carbonyl (C=O) groups is 2. The second kappa shape index (κ2) is 7.41. The lowest BCUT2D eigenvalue weighted by molar-refractivity contribution is -0.119. The first kappa shape index (κ1) is 15.8. The van der Waals surface area contributed by atoms with Crippen LogP contribution in [0.25, 0.3) is 0 Å². The summed E-state index contributed by atoms with van der Waals surface area (Å²) in [4.78, 5) is 23.0. The summed E-state index contributed by atoms with van der Waals surface area (Å²) >= 11 is 0. The molecule has 22 heavy (non-hydrogen) atoms. The molecule has 4 nitrogen and oxygen atoms in total. The minimum atomic E-state index is -0.0705. The van der Waals surface area contributed by atoms with Gasteiger partial charge in [0.05, 0.1) is 6.54 Å². The SMILES string of the molecule is CC(=O)c1ccc(NCC(=O)NCc2ccccc2C)cc1. The molecule has 2 rings (SSSR count). The van der Waals surface area contributed by atoms with Gasteiger partial charge in [-0.1, -0.05) is 24.3 Å². The van der Waals surface area contributed by atoms with Gasteiger partial charge in [-0.05, 0) is 49.2 Å². The molecule has 0 spiro atoms. The van der Waals surface area contributed by atoms with Crippen LogP contribution >= 0.6 is 0 Å². The highest BCUT2D eigenvalue weighted by molar-refractivity contribution is 5.94. The zero-order valence-electron chi connectivity index (χ0n) is 12.8. The molecule has 0 aromatic heterocycles. The Balaban J connectivity index is 1.80. The van der Waals surface area contributed by atoms with E-state index in [9.17, 15) is 9.59 Å². The number of ketones is 1. The number of rotatable bonds is 6. The number of hydrogen-bond donors (Lipinski definition) is 2. The maximum absolute atomic E-state index is 11.8. The molecular formula is C18H20N2O2. The first-order valence-corrected chi connectivity index (χ1v) is 7.22. The highest BCUT2D eigenvalue weighted by atomic mass is 16.1. The number of anilines is 1. The third kappa shape index (κ3) is 4.45. The topological polar surface area (TPSA) is 58.2 Å². The third-order valence-electron chi connectivity index (χ3n) is 3.48. The molecule has 0 aliphatic rings. The lowest BCUT2D eigenvalue weighted by Gasteiger charge is -2.09. The molecule has 0 aliphatic heterocycles. The standard InChI is InChI=1S/C18H20N2O2/c1-13-5-3-4-6-16(13)11-20-18(22)12-19-17-9-7-15(8-10-17)14(2)21/h3-10,19H,11-12H2,1-2H3,(H,20,22). The van der Waals surface area contributed by atoms with Crippen LogP contribution in [0.2, 0.25) is 0 Å². The van der Waals surface area contributed by atoms with Gasteiger partial charge in [-0.25, -0.2) is 0 Å². The summed E-state index contributed by atoms with van der Waals surface area (Å²) in [6, 6.07) is 15.1. The number of aryl methyl sites for hydroxylation is 1. The minimum absolute atomic E-state index is 0.0301. The van der Waals surface area contributed by atoms with Gasteiger partial charge < -0.3 is 10.6 Å². The van der Waals surface area contributed by atoms with E-state index in [1.165, 1.54) is 6.92 Å². The Bertz CT molecular complexity index is 663.